The molecule has 0 aromatic heterocycles. The fraction of sp³-hybridized carbons (Fsp3) is 0.278. The molecule has 0 aliphatic rings. The van der Waals surface area contributed by atoms with Gasteiger partial charge in [0.05, 0.1) is 6.04 Å². The lowest BCUT2D eigenvalue weighted by Gasteiger charge is -2.12. The van der Waals surface area contributed by atoms with Crippen LogP contribution in [0.2, 0.25) is 0 Å². The molecule has 1 amide bonds. The van der Waals surface area contributed by atoms with Gasteiger partial charge < -0.3 is 11.1 Å². The SMILES string of the molecule is Cl.N[C@@H](Cc1ccccc1)C(=O)NCCCc1ccc(Br)cc1F. The summed E-state index contributed by atoms with van der Waals surface area (Å²) >= 11 is 3.23. The molecule has 6 heteroatoms. The van der Waals surface area contributed by atoms with E-state index in [9.17, 15) is 9.18 Å². The number of benzene rings is 2. The van der Waals surface area contributed by atoms with Crippen molar-refractivity contribution in [1.82, 2.24) is 5.32 Å². The van der Waals surface area contributed by atoms with Crippen LogP contribution in [-0.4, -0.2) is 18.5 Å². The lowest BCUT2D eigenvalue weighted by Crippen LogP contribution is -2.42. The molecule has 0 bridgehead atoms. The van der Waals surface area contributed by atoms with Gasteiger partial charge in [-0.3, -0.25) is 4.79 Å². The van der Waals surface area contributed by atoms with E-state index >= 15 is 0 Å². The molecule has 3 nitrogen and oxygen atoms in total. The highest BCUT2D eigenvalue weighted by atomic mass is 79.9. The second kappa shape index (κ2) is 10.4. The van der Waals surface area contributed by atoms with Crippen molar-refractivity contribution < 1.29 is 9.18 Å². The minimum Gasteiger partial charge on any atom is -0.355 e. The van der Waals surface area contributed by atoms with Crippen molar-refractivity contribution in [2.75, 3.05) is 6.54 Å². The number of nitrogens with two attached hydrogens (primary N) is 1. The second-order valence-corrected chi connectivity index (χ2v) is 6.34. The number of hydrogen-bond acceptors (Lipinski definition) is 2. The molecule has 2 rings (SSSR count). The number of rotatable bonds is 7. The predicted octanol–water partition coefficient (Wildman–Crippen LogP) is 3.63. The molecule has 0 fully saturated rings. The first-order valence-corrected chi connectivity index (χ1v) is 8.36. The van der Waals surface area contributed by atoms with Crippen LogP contribution in [0, 0.1) is 5.82 Å². The smallest absolute Gasteiger partial charge is 0.237 e. The number of carbonyl (C=O) groups excluding carboxylic acids is 1. The van der Waals surface area contributed by atoms with Gasteiger partial charge in [0.15, 0.2) is 0 Å². The van der Waals surface area contributed by atoms with Crippen LogP contribution in [0.25, 0.3) is 0 Å². The van der Waals surface area contributed by atoms with Gasteiger partial charge >= 0.3 is 0 Å². The third-order valence-electron chi connectivity index (χ3n) is 3.57. The second-order valence-electron chi connectivity index (χ2n) is 5.43. The van der Waals surface area contributed by atoms with E-state index in [4.69, 9.17) is 5.73 Å². The molecule has 0 spiro atoms. The highest BCUT2D eigenvalue weighted by Gasteiger charge is 2.13. The highest BCUT2D eigenvalue weighted by molar-refractivity contribution is 9.10. The fourth-order valence-corrected chi connectivity index (χ4v) is 2.64. The normalized spacial score (nSPS) is 11.5. The summed E-state index contributed by atoms with van der Waals surface area (Å²) in [7, 11) is 0. The largest absolute Gasteiger partial charge is 0.355 e. The Hall–Kier alpha value is -1.43. The maximum absolute atomic E-state index is 13.7. The molecule has 130 valence electrons. The molecule has 0 aliphatic carbocycles. The first-order chi connectivity index (χ1) is 11.1. The van der Waals surface area contributed by atoms with Gasteiger partial charge in [-0.15, -0.1) is 12.4 Å². The van der Waals surface area contributed by atoms with E-state index in [1.165, 1.54) is 6.07 Å². The standard InChI is InChI=1S/C18H20BrFN2O.ClH/c19-15-9-8-14(16(20)12-15)7-4-10-22-18(23)17(21)11-13-5-2-1-3-6-13;/h1-3,5-6,8-9,12,17H,4,7,10-11,21H2,(H,22,23);1H/t17-;/m0./s1. The lowest BCUT2D eigenvalue weighted by molar-refractivity contribution is -0.122. The lowest BCUT2D eigenvalue weighted by atomic mass is 10.1. The molecule has 3 N–H and O–H groups in total. The number of aryl methyl sites for hydroxylation is 1. The van der Waals surface area contributed by atoms with Crippen molar-refractivity contribution in [1.29, 1.82) is 0 Å². The molecule has 0 unspecified atom stereocenters. The van der Waals surface area contributed by atoms with Crippen LogP contribution in [0.15, 0.2) is 53.0 Å². The Balaban J connectivity index is 0.00000288. The topological polar surface area (TPSA) is 55.1 Å². The maximum Gasteiger partial charge on any atom is 0.237 e. The zero-order chi connectivity index (χ0) is 16.7. The molecule has 0 heterocycles. The van der Waals surface area contributed by atoms with Crippen LogP contribution < -0.4 is 11.1 Å². The van der Waals surface area contributed by atoms with E-state index in [1.54, 1.807) is 6.07 Å². The summed E-state index contributed by atoms with van der Waals surface area (Å²) in [6.45, 7) is 0.483. The van der Waals surface area contributed by atoms with Gasteiger partial charge in [-0.25, -0.2) is 4.39 Å². The van der Waals surface area contributed by atoms with Crippen LogP contribution in [0.3, 0.4) is 0 Å². The van der Waals surface area contributed by atoms with Gasteiger partial charge in [-0.2, -0.15) is 0 Å². The Morgan fingerprint density at radius 1 is 1.21 bits per heavy atom. The van der Waals surface area contributed by atoms with Crippen molar-refractivity contribution >= 4 is 34.2 Å². The third kappa shape index (κ3) is 6.59. The number of amides is 1. The van der Waals surface area contributed by atoms with Crippen LogP contribution in [0.4, 0.5) is 4.39 Å². The van der Waals surface area contributed by atoms with Crippen molar-refractivity contribution in [2.24, 2.45) is 5.73 Å². The summed E-state index contributed by atoms with van der Waals surface area (Å²) in [5, 5.41) is 2.81. The van der Waals surface area contributed by atoms with Gasteiger partial charge in [0.25, 0.3) is 0 Å². The molecular weight excluding hydrogens is 395 g/mol. The van der Waals surface area contributed by atoms with Crippen LogP contribution in [0.5, 0.6) is 0 Å². The molecular formula is C18H21BrClFN2O. The van der Waals surface area contributed by atoms with E-state index in [-0.39, 0.29) is 24.1 Å². The van der Waals surface area contributed by atoms with Gasteiger partial charge in [0.1, 0.15) is 5.82 Å². The summed E-state index contributed by atoms with van der Waals surface area (Å²) < 4.78 is 14.4. The molecule has 1 atom stereocenters. The summed E-state index contributed by atoms with van der Waals surface area (Å²) in [5.41, 5.74) is 7.59. The average Bonchev–Trinajstić information content (AvgIpc) is 2.54. The maximum atomic E-state index is 13.7. The number of hydrogen-bond donors (Lipinski definition) is 2. The van der Waals surface area contributed by atoms with E-state index in [1.807, 2.05) is 36.4 Å². The van der Waals surface area contributed by atoms with Gasteiger partial charge in [-0.1, -0.05) is 52.3 Å². The molecule has 24 heavy (non-hydrogen) atoms. The summed E-state index contributed by atoms with van der Waals surface area (Å²) in [4.78, 5) is 12.0. The Morgan fingerprint density at radius 2 is 1.92 bits per heavy atom. The monoisotopic (exact) mass is 414 g/mol. The summed E-state index contributed by atoms with van der Waals surface area (Å²) in [5.74, 6) is -0.406. The first-order valence-electron chi connectivity index (χ1n) is 7.57. The molecule has 2 aromatic rings. The Bertz CT molecular complexity index is 655. The van der Waals surface area contributed by atoms with Crippen molar-refractivity contribution in [2.45, 2.75) is 25.3 Å². The van der Waals surface area contributed by atoms with Crippen LogP contribution >= 0.6 is 28.3 Å². The molecule has 0 saturated carbocycles. The number of carbonyl (C=O) groups is 1. The van der Waals surface area contributed by atoms with Crippen LogP contribution in [0.1, 0.15) is 17.5 Å². The Morgan fingerprint density at radius 3 is 2.58 bits per heavy atom. The van der Waals surface area contributed by atoms with Crippen molar-refractivity contribution in [3.05, 3.63) is 69.9 Å². The predicted molar refractivity (Wildman–Crippen MR) is 101 cm³/mol. The number of nitrogens with one attached hydrogen (secondary N) is 1. The Labute approximate surface area is 156 Å². The van der Waals surface area contributed by atoms with E-state index in [0.29, 0.717) is 31.4 Å². The van der Waals surface area contributed by atoms with Crippen molar-refractivity contribution in [3.63, 3.8) is 0 Å². The third-order valence-corrected chi connectivity index (χ3v) is 4.07. The Kier molecular flexibility index (Phi) is 8.97. The first kappa shape index (κ1) is 20.6. The molecule has 0 aliphatic heterocycles. The zero-order valence-electron chi connectivity index (χ0n) is 13.2. The van der Waals surface area contributed by atoms with Gasteiger partial charge in [-0.05, 0) is 42.5 Å². The van der Waals surface area contributed by atoms with E-state index in [2.05, 4.69) is 21.2 Å². The van der Waals surface area contributed by atoms with Gasteiger partial charge in [0.2, 0.25) is 5.91 Å². The fourth-order valence-electron chi connectivity index (χ4n) is 2.31. The van der Waals surface area contributed by atoms with Crippen LogP contribution in [-0.2, 0) is 17.6 Å². The van der Waals surface area contributed by atoms with E-state index in [0.717, 1.165) is 10.0 Å². The highest BCUT2D eigenvalue weighted by Crippen LogP contribution is 2.16. The zero-order valence-corrected chi connectivity index (χ0v) is 15.6. The summed E-state index contributed by atoms with van der Waals surface area (Å²) in [6, 6.07) is 14.1. The minimum atomic E-state index is -0.568. The molecule has 0 radical (unpaired) electrons. The quantitative estimate of drug-likeness (QED) is 0.679. The van der Waals surface area contributed by atoms with Gasteiger partial charge in [0, 0.05) is 11.0 Å². The molecule has 0 saturated heterocycles. The number of halogens is 3. The van der Waals surface area contributed by atoms with E-state index < -0.39 is 6.04 Å². The molecule has 2 aromatic carbocycles. The average molecular weight is 416 g/mol. The van der Waals surface area contributed by atoms with Crippen molar-refractivity contribution in [3.8, 4) is 0 Å². The summed E-state index contributed by atoms with van der Waals surface area (Å²) in [6.07, 6.45) is 1.75. The minimum absolute atomic E-state index is 0.